The van der Waals surface area contributed by atoms with Crippen molar-refractivity contribution < 1.29 is 14.6 Å². The molecule has 1 aromatic carbocycles. The van der Waals surface area contributed by atoms with Crippen LogP contribution in [0.3, 0.4) is 0 Å². The van der Waals surface area contributed by atoms with Crippen LogP contribution in [0.1, 0.15) is 12.5 Å². The summed E-state index contributed by atoms with van der Waals surface area (Å²) in [5.74, 6) is -0.146. The first-order valence-corrected chi connectivity index (χ1v) is 7.17. The second kappa shape index (κ2) is 8.34. The number of benzene rings is 1. The highest BCUT2D eigenvalue weighted by Gasteiger charge is 2.20. The summed E-state index contributed by atoms with van der Waals surface area (Å²) in [4.78, 5) is 14.0. The minimum atomic E-state index is -0.622. The average molecular weight is 315 g/mol. The van der Waals surface area contributed by atoms with Crippen molar-refractivity contribution in [2.45, 2.75) is 26.0 Å². The van der Waals surface area contributed by atoms with Gasteiger partial charge in [0, 0.05) is 24.4 Å². The molecule has 0 aliphatic heterocycles. The molecule has 0 heterocycles. The lowest BCUT2D eigenvalue weighted by Crippen LogP contribution is -2.44. The number of methoxy groups -OCH3 is 1. The van der Waals surface area contributed by atoms with Gasteiger partial charge in [-0.1, -0.05) is 17.7 Å². The van der Waals surface area contributed by atoms with Crippen LogP contribution in [0.15, 0.2) is 18.2 Å². The molecule has 2 unspecified atom stereocenters. The van der Waals surface area contributed by atoms with Gasteiger partial charge in [-0.3, -0.25) is 9.69 Å². The summed E-state index contributed by atoms with van der Waals surface area (Å²) in [6, 6.07) is 4.98. The van der Waals surface area contributed by atoms with Gasteiger partial charge in [-0.15, -0.1) is 0 Å². The number of hydrogen-bond donors (Lipinski definition) is 2. The molecule has 0 saturated heterocycles. The summed E-state index contributed by atoms with van der Waals surface area (Å²) in [5, 5.41) is 13.1. The molecule has 0 aliphatic rings. The van der Waals surface area contributed by atoms with Crippen LogP contribution >= 0.6 is 11.6 Å². The number of nitrogens with zero attached hydrogens (tertiary/aromatic N) is 1. The third-order valence-corrected chi connectivity index (χ3v) is 3.59. The molecule has 0 fully saturated rings. The lowest BCUT2D eigenvalue weighted by atomic mass is 10.2. The Morgan fingerprint density at radius 1 is 1.52 bits per heavy atom. The van der Waals surface area contributed by atoms with Crippen LogP contribution in [0, 0.1) is 6.92 Å². The second-order valence-electron chi connectivity index (χ2n) is 5.17. The van der Waals surface area contributed by atoms with Crippen molar-refractivity contribution in [2.24, 2.45) is 0 Å². The van der Waals surface area contributed by atoms with Gasteiger partial charge in [0.05, 0.1) is 18.8 Å². The molecular formula is C15H23ClN2O3. The van der Waals surface area contributed by atoms with Gasteiger partial charge in [-0.25, -0.2) is 0 Å². The number of hydrogen-bond acceptors (Lipinski definition) is 4. The maximum Gasteiger partial charge on any atom is 0.241 e. The number of halogens is 1. The molecule has 2 N–H and O–H groups in total. The van der Waals surface area contributed by atoms with Gasteiger partial charge >= 0.3 is 0 Å². The van der Waals surface area contributed by atoms with Crippen molar-refractivity contribution in [3.63, 3.8) is 0 Å². The zero-order valence-corrected chi connectivity index (χ0v) is 13.6. The molecule has 6 heteroatoms. The normalized spacial score (nSPS) is 14.0. The van der Waals surface area contributed by atoms with Crippen LogP contribution in [0.4, 0.5) is 5.69 Å². The van der Waals surface area contributed by atoms with E-state index in [2.05, 4.69) is 5.32 Å². The molecule has 118 valence electrons. The Labute approximate surface area is 130 Å². The molecule has 1 amide bonds. The van der Waals surface area contributed by atoms with Gasteiger partial charge in [0.1, 0.15) is 0 Å². The molecule has 1 rings (SSSR count). The van der Waals surface area contributed by atoms with E-state index in [1.54, 1.807) is 31.0 Å². The van der Waals surface area contributed by atoms with Crippen molar-refractivity contribution in [1.29, 1.82) is 0 Å². The third-order valence-electron chi connectivity index (χ3n) is 3.36. The number of carbonyl (C=O) groups is 1. The highest BCUT2D eigenvalue weighted by molar-refractivity contribution is 6.31. The van der Waals surface area contributed by atoms with Crippen molar-refractivity contribution >= 4 is 23.2 Å². The van der Waals surface area contributed by atoms with Gasteiger partial charge in [-0.05, 0) is 38.6 Å². The van der Waals surface area contributed by atoms with Gasteiger partial charge in [0.15, 0.2) is 0 Å². The number of amides is 1. The predicted octanol–water partition coefficient (Wildman–Crippen LogP) is 1.91. The van der Waals surface area contributed by atoms with Crippen molar-refractivity contribution in [2.75, 3.05) is 32.6 Å². The van der Waals surface area contributed by atoms with Crippen LogP contribution in [-0.4, -0.2) is 55.4 Å². The van der Waals surface area contributed by atoms with Crippen LogP contribution < -0.4 is 5.32 Å². The Morgan fingerprint density at radius 3 is 2.81 bits per heavy atom. The van der Waals surface area contributed by atoms with Gasteiger partial charge in [-0.2, -0.15) is 0 Å². The number of rotatable bonds is 7. The smallest absolute Gasteiger partial charge is 0.241 e. The van der Waals surface area contributed by atoms with E-state index >= 15 is 0 Å². The van der Waals surface area contributed by atoms with Gasteiger partial charge < -0.3 is 15.2 Å². The summed E-state index contributed by atoms with van der Waals surface area (Å²) in [7, 11) is 3.31. The fraction of sp³-hybridized carbons (Fsp3) is 0.533. The fourth-order valence-electron chi connectivity index (χ4n) is 1.90. The fourth-order valence-corrected chi connectivity index (χ4v) is 2.07. The van der Waals surface area contributed by atoms with Crippen molar-refractivity contribution in [3.8, 4) is 0 Å². The van der Waals surface area contributed by atoms with E-state index in [0.717, 1.165) is 5.56 Å². The topological polar surface area (TPSA) is 61.8 Å². The number of aryl methyl sites for hydroxylation is 1. The molecule has 0 aliphatic carbocycles. The Morgan fingerprint density at radius 2 is 2.19 bits per heavy atom. The van der Waals surface area contributed by atoms with E-state index in [1.807, 2.05) is 13.0 Å². The number of aliphatic hydroxyl groups is 1. The lowest BCUT2D eigenvalue weighted by molar-refractivity contribution is -0.120. The number of carbonyl (C=O) groups excluding carboxylic acids is 1. The minimum Gasteiger partial charge on any atom is -0.389 e. The summed E-state index contributed by atoms with van der Waals surface area (Å²) < 4.78 is 4.88. The summed E-state index contributed by atoms with van der Waals surface area (Å²) >= 11 is 5.94. The van der Waals surface area contributed by atoms with Crippen LogP contribution in [-0.2, 0) is 9.53 Å². The number of aliphatic hydroxyl groups excluding tert-OH is 1. The van der Waals surface area contributed by atoms with Gasteiger partial charge in [0.2, 0.25) is 5.91 Å². The van der Waals surface area contributed by atoms with E-state index in [-0.39, 0.29) is 18.6 Å². The van der Waals surface area contributed by atoms with E-state index in [4.69, 9.17) is 16.3 Å². The molecule has 5 nitrogen and oxygen atoms in total. The molecule has 0 saturated carbocycles. The summed E-state index contributed by atoms with van der Waals surface area (Å²) in [6.45, 7) is 4.29. The van der Waals surface area contributed by atoms with Gasteiger partial charge in [0.25, 0.3) is 0 Å². The largest absolute Gasteiger partial charge is 0.389 e. The highest BCUT2D eigenvalue weighted by atomic mass is 35.5. The lowest BCUT2D eigenvalue weighted by Gasteiger charge is -2.26. The number of anilines is 1. The van der Waals surface area contributed by atoms with E-state index in [0.29, 0.717) is 17.3 Å². The molecule has 21 heavy (non-hydrogen) atoms. The third kappa shape index (κ3) is 5.63. The maximum absolute atomic E-state index is 12.2. The number of nitrogens with one attached hydrogen (secondary N) is 1. The number of ether oxygens (including phenoxy) is 1. The van der Waals surface area contributed by atoms with Crippen LogP contribution in [0.25, 0.3) is 0 Å². The first-order valence-electron chi connectivity index (χ1n) is 6.79. The number of likely N-dealkylation sites (N-methyl/N-ethyl adjacent to an activating group) is 1. The Bertz CT molecular complexity index is 482. The second-order valence-corrected chi connectivity index (χ2v) is 5.61. The van der Waals surface area contributed by atoms with Crippen LogP contribution in [0.5, 0.6) is 0 Å². The van der Waals surface area contributed by atoms with E-state index < -0.39 is 6.10 Å². The summed E-state index contributed by atoms with van der Waals surface area (Å²) in [6.07, 6.45) is -0.622. The summed E-state index contributed by atoms with van der Waals surface area (Å²) in [5.41, 5.74) is 1.65. The molecular weight excluding hydrogens is 292 g/mol. The standard InChI is InChI=1S/C15H23ClN2O3/c1-10-5-6-12(16)7-14(10)17-15(20)11(2)18(3)8-13(19)9-21-4/h5-7,11,13,19H,8-9H2,1-4H3,(H,17,20). The van der Waals surface area contributed by atoms with E-state index in [1.165, 1.54) is 7.11 Å². The molecule has 2 atom stereocenters. The quantitative estimate of drug-likeness (QED) is 0.807. The zero-order valence-electron chi connectivity index (χ0n) is 12.9. The highest BCUT2D eigenvalue weighted by Crippen LogP contribution is 2.20. The Balaban J connectivity index is 2.63. The van der Waals surface area contributed by atoms with Crippen molar-refractivity contribution in [3.05, 3.63) is 28.8 Å². The molecule has 0 radical (unpaired) electrons. The molecule has 0 spiro atoms. The minimum absolute atomic E-state index is 0.146. The van der Waals surface area contributed by atoms with E-state index in [9.17, 15) is 9.90 Å². The Hall–Kier alpha value is -1.14. The average Bonchev–Trinajstić information content (AvgIpc) is 2.42. The SMILES string of the molecule is COCC(O)CN(C)C(C)C(=O)Nc1cc(Cl)ccc1C. The van der Waals surface area contributed by atoms with Crippen LogP contribution in [0.2, 0.25) is 5.02 Å². The molecule has 1 aromatic rings. The first kappa shape index (κ1) is 17.9. The predicted molar refractivity (Wildman–Crippen MR) is 84.8 cm³/mol. The molecule has 0 bridgehead atoms. The maximum atomic E-state index is 12.2. The molecule has 0 aromatic heterocycles. The first-order chi connectivity index (χ1) is 9.85. The Kier molecular flexibility index (Phi) is 7.11. The zero-order chi connectivity index (χ0) is 16.0. The monoisotopic (exact) mass is 314 g/mol. The van der Waals surface area contributed by atoms with Crippen molar-refractivity contribution in [1.82, 2.24) is 4.90 Å².